The molecule has 0 heterocycles. The van der Waals surface area contributed by atoms with Gasteiger partial charge in [-0.2, -0.15) is 5.10 Å². The largest absolute Gasteiger partial charge is 0.326 e. The van der Waals surface area contributed by atoms with E-state index in [-0.39, 0.29) is 18.2 Å². The molecule has 26 heavy (non-hydrogen) atoms. The number of rotatable bonds is 7. The lowest BCUT2D eigenvalue weighted by molar-refractivity contribution is -0.121. The van der Waals surface area contributed by atoms with Crippen LogP contribution in [-0.2, 0) is 16.0 Å². The van der Waals surface area contributed by atoms with Crippen LogP contribution in [0.15, 0.2) is 53.6 Å². The summed E-state index contributed by atoms with van der Waals surface area (Å²) in [5.41, 5.74) is 5.68. The van der Waals surface area contributed by atoms with Gasteiger partial charge in [-0.25, -0.2) is 5.43 Å². The zero-order valence-electron chi connectivity index (χ0n) is 14.9. The number of hydrogen-bond acceptors (Lipinski definition) is 3. The molecule has 2 aromatic carbocycles. The molecule has 6 heteroatoms. The van der Waals surface area contributed by atoms with Crippen molar-refractivity contribution in [1.29, 1.82) is 0 Å². The second-order valence-electron chi connectivity index (χ2n) is 6.06. The molecule has 2 amide bonds. The van der Waals surface area contributed by atoms with Gasteiger partial charge in [0.1, 0.15) is 0 Å². The third-order valence-electron chi connectivity index (χ3n) is 3.73. The van der Waals surface area contributed by atoms with Crippen molar-refractivity contribution in [2.24, 2.45) is 5.10 Å². The maximum Gasteiger partial charge on any atom is 0.240 e. The Kier molecular flexibility index (Phi) is 7.36. The predicted molar refractivity (Wildman–Crippen MR) is 105 cm³/mol. The zero-order valence-corrected chi connectivity index (χ0v) is 15.6. The average molecular weight is 372 g/mol. The predicted octanol–water partition coefficient (Wildman–Crippen LogP) is 4.10. The first-order chi connectivity index (χ1) is 12.4. The molecule has 0 unspecified atom stereocenters. The summed E-state index contributed by atoms with van der Waals surface area (Å²) in [5.74, 6) is -0.399. The quantitative estimate of drug-likeness (QED) is 0.568. The molecule has 0 saturated heterocycles. The Morgan fingerprint density at radius 3 is 2.50 bits per heavy atom. The van der Waals surface area contributed by atoms with Crippen molar-refractivity contribution >= 4 is 34.8 Å². The van der Waals surface area contributed by atoms with Crippen LogP contribution in [0.2, 0.25) is 5.02 Å². The van der Waals surface area contributed by atoms with Gasteiger partial charge in [-0.05, 0) is 43.5 Å². The minimum absolute atomic E-state index is 0.0878. The number of nitrogens with zero attached hydrogens (tertiary/aromatic N) is 1. The standard InChI is InChI=1S/C20H22ClN3O2/c1-14-8-10-17(13-18(14)21)22-20(26)12-15(2)23-24-19(25)11-9-16-6-4-3-5-7-16/h3-8,10,13H,9,11-12H2,1-2H3,(H,22,26)(H,24,25). The molecule has 2 N–H and O–H groups in total. The van der Waals surface area contributed by atoms with Crippen LogP contribution < -0.4 is 10.7 Å². The minimum atomic E-state index is -0.218. The molecule has 0 aliphatic carbocycles. The highest BCUT2D eigenvalue weighted by atomic mass is 35.5. The van der Waals surface area contributed by atoms with Crippen LogP contribution in [0.5, 0.6) is 0 Å². The molecule has 0 radical (unpaired) electrons. The summed E-state index contributed by atoms with van der Waals surface area (Å²) < 4.78 is 0. The van der Waals surface area contributed by atoms with Gasteiger partial charge >= 0.3 is 0 Å². The first-order valence-corrected chi connectivity index (χ1v) is 8.74. The number of carbonyl (C=O) groups is 2. The number of nitrogens with one attached hydrogen (secondary N) is 2. The van der Waals surface area contributed by atoms with Crippen LogP contribution in [0.3, 0.4) is 0 Å². The highest BCUT2D eigenvalue weighted by molar-refractivity contribution is 6.31. The summed E-state index contributed by atoms with van der Waals surface area (Å²) >= 11 is 6.04. The van der Waals surface area contributed by atoms with Crippen LogP contribution in [0, 0.1) is 6.92 Å². The Morgan fingerprint density at radius 1 is 1.08 bits per heavy atom. The number of anilines is 1. The van der Waals surface area contributed by atoms with Crippen LogP contribution >= 0.6 is 11.6 Å². The topological polar surface area (TPSA) is 70.6 Å². The zero-order chi connectivity index (χ0) is 18.9. The fourth-order valence-electron chi connectivity index (χ4n) is 2.26. The van der Waals surface area contributed by atoms with Crippen molar-refractivity contribution in [3.8, 4) is 0 Å². The molecule has 0 aromatic heterocycles. The summed E-state index contributed by atoms with van der Waals surface area (Å²) in [6.07, 6.45) is 1.08. The number of carbonyl (C=O) groups excluding carboxylic acids is 2. The fourth-order valence-corrected chi connectivity index (χ4v) is 2.44. The molecular formula is C20H22ClN3O2. The lowest BCUT2D eigenvalue weighted by Gasteiger charge is -2.07. The summed E-state index contributed by atoms with van der Waals surface area (Å²) in [6, 6.07) is 15.1. The summed E-state index contributed by atoms with van der Waals surface area (Å²) in [6.45, 7) is 3.59. The summed E-state index contributed by atoms with van der Waals surface area (Å²) in [7, 11) is 0. The molecule has 0 aliphatic rings. The maximum atomic E-state index is 12.0. The Labute approximate surface area is 158 Å². The van der Waals surface area contributed by atoms with E-state index in [2.05, 4.69) is 15.8 Å². The van der Waals surface area contributed by atoms with Gasteiger partial charge in [-0.15, -0.1) is 0 Å². The van der Waals surface area contributed by atoms with E-state index < -0.39 is 0 Å². The molecule has 0 saturated carbocycles. The Bertz CT molecular complexity index is 804. The highest BCUT2D eigenvalue weighted by Crippen LogP contribution is 2.20. The highest BCUT2D eigenvalue weighted by Gasteiger charge is 2.07. The Balaban J connectivity index is 1.76. The van der Waals surface area contributed by atoms with E-state index in [1.54, 1.807) is 19.1 Å². The van der Waals surface area contributed by atoms with Gasteiger partial charge < -0.3 is 5.32 Å². The Morgan fingerprint density at radius 2 is 1.81 bits per heavy atom. The first kappa shape index (κ1) is 19.7. The van der Waals surface area contributed by atoms with Gasteiger partial charge in [-0.3, -0.25) is 9.59 Å². The molecule has 0 aliphatic heterocycles. The number of benzene rings is 2. The van der Waals surface area contributed by atoms with Crippen molar-refractivity contribution in [3.05, 3.63) is 64.7 Å². The third-order valence-corrected chi connectivity index (χ3v) is 4.13. The van der Waals surface area contributed by atoms with Crippen LogP contribution in [-0.4, -0.2) is 17.5 Å². The molecule has 5 nitrogen and oxygen atoms in total. The third kappa shape index (κ3) is 6.69. The molecular weight excluding hydrogens is 350 g/mol. The van der Waals surface area contributed by atoms with Gasteiger partial charge in [0.25, 0.3) is 0 Å². The minimum Gasteiger partial charge on any atom is -0.326 e. The van der Waals surface area contributed by atoms with E-state index in [4.69, 9.17) is 11.6 Å². The monoisotopic (exact) mass is 371 g/mol. The molecule has 0 spiro atoms. The number of hydrazone groups is 1. The number of hydrogen-bond donors (Lipinski definition) is 2. The van der Waals surface area contributed by atoms with E-state index in [0.717, 1.165) is 11.1 Å². The van der Waals surface area contributed by atoms with E-state index in [0.29, 0.717) is 29.3 Å². The molecule has 2 aromatic rings. The normalized spacial score (nSPS) is 11.1. The smallest absolute Gasteiger partial charge is 0.240 e. The maximum absolute atomic E-state index is 12.0. The van der Waals surface area contributed by atoms with Crippen LogP contribution in [0.4, 0.5) is 5.69 Å². The van der Waals surface area contributed by atoms with Crippen molar-refractivity contribution < 1.29 is 9.59 Å². The summed E-state index contributed by atoms with van der Waals surface area (Å²) in [5, 5.41) is 7.33. The SMILES string of the molecule is CC(CC(=O)Nc1ccc(C)c(Cl)c1)=NNC(=O)CCc1ccccc1. The molecule has 0 bridgehead atoms. The van der Waals surface area contributed by atoms with E-state index >= 15 is 0 Å². The van der Waals surface area contributed by atoms with Crippen LogP contribution in [0.25, 0.3) is 0 Å². The molecule has 0 fully saturated rings. The van der Waals surface area contributed by atoms with Crippen molar-refractivity contribution in [2.45, 2.75) is 33.1 Å². The van der Waals surface area contributed by atoms with Gasteiger partial charge in [0.15, 0.2) is 0 Å². The number of aryl methyl sites for hydroxylation is 2. The number of amides is 2. The second-order valence-corrected chi connectivity index (χ2v) is 6.46. The van der Waals surface area contributed by atoms with Gasteiger partial charge in [0.2, 0.25) is 11.8 Å². The lowest BCUT2D eigenvalue weighted by Crippen LogP contribution is -2.21. The average Bonchev–Trinajstić information content (AvgIpc) is 2.62. The van der Waals surface area contributed by atoms with E-state index in [1.807, 2.05) is 43.3 Å². The van der Waals surface area contributed by atoms with Crippen molar-refractivity contribution in [3.63, 3.8) is 0 Å². The van der Waals surface area contributed by atoms with Crippen LogP contribution in [0.1, 0.15) is 30.9 Å². The lowest BCUT2D eigenvalue weighted by atomic mass is 10.1. The van der Waals surface area contributed by atoms with Crippen molar-refractivity contribution in [2.75, 3.05) is 5.32 Å². The molecule has 2 rings (SSSR count). The second kappa shape index (κ2) is 9.73. The van der Waals surface area contributed by atoms with E-state index in [9.17, 15) is 9.59 Å². The van der Waals surface area contributed by atoms with Crippen molar-refractivity contribution in [1.82, 2.24) is 5.43 Å². The molecule has 0 atom stereocenters. The van der Waals surface area contributed by atoms with Gasteiger partial charge in [0, 0.05) is 22.8 Å². The summed E-state index contributed by atoms with van der Waals surface area (Å²) in [4.78, 5) is 23.9. The van der Waals surface area contributed by atoms with Gasteiger partial charge in [-0.1, -0.05) is 48.0 Å². The first-order valence-electron chi connectivity index (χ1n) is 8.36. The number of halogens is 1. The van der Waals surface area contributed by atoms with E-state index in [1.165, 1.54) is 0 Å². The fraction of sp³-hybridized carbons (Fsp3) is 0.250. The van der Waals surface area contributed by atoms with Gasteiger partial charge in [0.05, 0.1) is 6.42 Å². The Hall–Kier alpha value is -2.66. The molecule has 136 valence electrons.